The normalized spacial score (nSPS) is 13.3. The average molecular weight is 408 g/mol. The molecule has 1 aromatic heterocycles. The number of rotatable bonds is 11. The van der Waals surface area contributed by atoms with Gasteiger partial charge < -0.3 is 18.6 Å². The zero-order valence-corrected chi connectivity index (χ0v) is 17.7. The van der Waals surface area contributed by atoms with Crippen LogP contribution < -0.4 is 14.2 Å². The van der Waals surface area contributed by atoms with Gasteiger partial charge in [0.2, 0.25) is 5.89 Å². The molecule has 0 saturated heterocycles. The van der Waals surface area contributed by atoms with Gasteiger partial charge in [0.05, 0.1) is 26.0 Å². The minimum Gasteiger partial charge on any atom is -0.494 e. The molecule has 0 N–H and O–H groups in total. The maximum atomic E-state index is 5.96. The van der Waals surface area contributed by atoms with Crippen LogP contribution in [0.4, 0.5) is 0 Å². The molecule has 5 heteroatoms. The minimum absolute atomic E-state index is 0.610. The van der Waals surface area contributed by atoms with Crippen LogP contribution >= 0.6 is 0 Å². The van der Waals surface area contributed by atoms with Crippen LogP contribution in [0.2, 0.25) is 0 Å². The molecule has 1 saturated carbocycles. The highest BCUT2D eigenvalue weighted by Gasteiger charge is 2.23. The Morgan fingerprint density at radius 3 is 2.67 bits per heavy atom. The van der Waals surface area contributed by atoms with Gasteiger partial charge in [0, 0.05) is 5.56 Å². The number of aryl methyl sites for hydroxylation is 2. The van der Waals surface area contributed by atoms with E-state index in [0.717, 1.165) is 54.4 Å². The van der Waals surface area contributed by atoms with Crippen molar-refractivity contribution in [1.29, 1.82) is 0 Å². The minimum atomic E-state index is 0.610. The van der Waals surface area contributed by atoms with Gasteiger partial charge in [0.25, 0.3) is 0 Å². The third kappa shape index (κ3) is 5.15. The maximum Gasteiger partial charge on any atom is 0.226 e. The molecule has 0 bridgehead atoms. The number of para-hydroxylation sites is 1. The first kappa shape index (κ1) is 20.3. The zero-order chi connectivity index (χ0) is 20.8. The molecule has 0 atom stereocenters. The Morgan fingerprint density at radius 2 is 1.87 bits per heavy atom. The van der Waals surface area contributed by atoms with Gasteiger partial charge in [-0.05, 0) is 74.8 Å². The lowest BCUT2D eigenvalue weighted by Crippen LogP contribution is -2.01. The van der Waals surface area contributed by atoms with Crippen molar-refractivity contribution >= 4 is 0 Å². The lowest BCUT2D eigenvalue weighted by atomic mass is 10.1. The summed E-state index contributed by atoms with van der Waals surface area (Å²) in [7, 11) is 1.66. The molecule has 0 radical (unpaired) electrons. The lowest BCUT2D eigenvalue weighted by Gasteiger charge is -2.11. The molecule has 0 spiro atoms. The highest BCUT2D eigenvalue weighted by molar-refractivity contribution is 5.60. The summed E-state index contributed by atoms with van der Waals surface area (Å²) >= 11 is 0. The van der Waals surface area contributed by atoms with E-state index in [4.69, 9.17) is 18.6 Å². The second-order valence-electron chi connectivity index (χ2n) is 7.66. The Balaban J connectivity index is 1.38. The molecular formula is C25H29NO4. The summed E-state index contributed by atoms with van der Waals surface area (Å²) in [5.74, 6) is 3.74. The van der Waals surface area contributed by atoms with Gasteiger partial charge in [0.15, 0.2) is 11.5 Å². The maximum absolute atomic E-state index is 5.96. The number of hydrogen-bond donors (Lipinski definition) is 0. The molecule has 0 aliphatic heterocycles. The van der Waals surface area contributed by atoms with Crippen LogP contribution in [0.5, 0.6) is 17.2 Å². The van der Waals surface area contributed by atoms with Crippen LogP contribution in [0.25, 0.3) is 11.5 Å². The molecule has 1 aliphatic carbocycles. The highest BCUT2D eigenvalue weighted by Crippen LogP contribution is 2.35. The third-order valence-electron chi connectivity index (χ3n) is 5.29. The van der Waals surface area contributed by atoms with Gasteiger partial charge in [-0.25, -0.2) is 4.98 Å². The fourth-order valence-electron chi connectivity index (χ4n) is 3.44. The molecule has 5 nitrogen and oxygen atoms in total. The number of ether oxygens (including phenoxy) is 3. The van der Waals surface area contributed by atoms with Crippen LogP contribution in [0.3, 0.4) is 0 Å². The van der Waals surface area contributed by atoms with Crippen LogP contribution in [-0.4, -0.2) is 25.3 Å². The number of benzene rings is 2. The van der Waals surface area contributed by atoms with Crippen LogP contribution in [0.1, 0.15) is 37.4 Å². The average Bonchev–Trinajstić information content (AvgIpc) is 3.49. The second-order valence-corrected chi connectivity index (χ2v) is 7.66. The zero-order valence-electron chi connectivity index (χ0n) is 17.7. The molecule has 4 rings (SSSR count). The summed E-state index contributed by atoms with van der Waals surface area (Å²) in [5.41, 5.74) is 3.08. The molecule has 2 aromatic carbocycles. The van der Waals surface area contributed by atoms with E-state index in [-0.39, 0.29) is 0 Å². The Kier molecular flexibility index (Phi) is 6.57. The Labute approximate surface area is 178 Å². The molecule has 0 amide bonds. The van der Waals surface area contributed by atoms with E-state index >= 15 is 0 Å². The highest BCUT2D eigenvalue weighted by atomic mass is 16.5. The van der Waals surface area contributed by atoms with Gasteiger partial charge in [-0.15, -0.1) is 0 Å². The summed E-state index contributed by atoms with van der Waals surface area (Å²) in [4.78, 5) is 4.68. The van der Waals surface area contributed by atoms with E-state index in [2.05, 4.69) is 17.1 Å². The standard InChI is InChI=1S/C25H29NO4/c1-3-28-22-10-5-4-7-19(22)8-6-9-21-17-30-25(26-21)20-13-14-23(27-2)24(15-20)29-16-18-11-12-18/h4-5,7,10,13-15,17-18H,3,6,8-9,11-12,16H2,1-2H3. The summed E-state index contributed by atoms with van der Waals surface area (Å²) in [6, 6.07) is 14.0. The van der Waals surface area contributed by atoms with Crippen LogP contribution in [0.15, 0.2) is 53.1 Å². The summed E-state index contributed by atoms with van der Waals surface area (Å²) in [6.45, 7) is 3.42. The van der Waals surface area contributed by atoms with Crippen molar-refractivity contribution in [1.82, 2.24) is 4.98 Å². The Hall–Kier alpha value is -2.95. The predicted octanol–water partition coefficient (Wildman–Crippen LogP) is 5.71. The van der Waals surface area contributed by atoms with Gasteiger partial charge in [0.1, 0.15) is 12.0 Å². The monoisotopic (exact) mass is 407 g/mol. The van der Waals surface area contributed by atoms with Crippen LogP contribution in [-0.2, 0) is 12.8 Å². The molecule has 30 heavy (non-hydrogen) atoms. The number of hydrogen-bond acceptors (Lipinski definition) is 5. The first-order valence-corrected chi connectivity index (χ1v) is 10.7. The van der Waals surface area contributed by atoms with Crippen molar-refractivity contribution in [2.75, 3.05) is 20.3 Å². The number of oxazole rings is 1. The quantitative estimate of drug-likeness (QED) is 0.407. The van der Waals surface area contributed by atoms with Gasteiger partial charge in [-0.1, -0.05) is 18.2 Å². The summed E-state index contributed by atoms with van der Waals surface area (Å²) < 4.78 is 22.9. The fourth-order valence-corrected chi connectivity index (χ4v) is 3.44. The first-order chi connectivity index (χ1) is 14.8. The van der Waals surface area contributed by atoms with Gasteiger partial charge in [-0.3, -0.25) is 0 Å². The molecule has 158 valence electrons. The molecule has 1 heterocycles. The molecule has 1 fully saturated rings. The van der Waals surface area contributed by atoms with Crippen molar-refractivity contribution in [3.63, 3.8) is 0 Å². The smallest absolute Gasteiger partial charge is 0.226 e. The largest absolute Gasteiger partial charge is 0.494 e. The van der Waals surface area contributed by atoms with Crippen molar-refractivity contribution in [3.05, 3.63) is 60.0 Å². The van der Waals surface area contributed by atoms with E-state index in [1.165, 1.54) is 18.4 Å². The van der Waals surface area contributed by atoms with Crippen molar-refractivity contribution in [2.45, 2.75) is 39.0 Å². The lowest BCUT2D eigenvalue weighted by molar-refractivity contribution is 0.280. The Bertz CT molecular complexity index is 961. The number of nitrogens with zero attached hydrogens (tertiary/aromatic N) is 1. The van der Waals surface area contributed by atoms with E-state index in [1.54, 1.807) is 13.4 Å². The fraction of sp³-hybridized carbons (Fsp3) is 0.400. The van der Waals surface area contributed by atoms with E-state index in [0.29, 0.717) is 18.4 Å². The molecule has 3 aromatic rings. The van der Waals surface area contributed by atoms with E-state index < -0.39 is 0 Å². The van der Waals surface area contributed by atoms with Gasteiger partial charge in [-0.2, -0.15) is 0 Å². The molecule has 0 unspecified atom stereocenters. The van der Waals surface area contributed by atoms with Crippen molar-refractivity contribution in [2.24, 2.45) is 5.92 Å². The van der Waals surface area contributed by atoms with Gasteiger partial charge >= 0.3 is 0 Å². The Morgan fingerprint density at radius 1 is 1.00 bits per heavy atom. The summed E-state index contributed by atoms with van der Waals surface area (Å²) in [5, 5.41) is 0. The summed E-state index contributed by atoms with van der Waals surface area (Å²) in [6.07, 6.45) is 7.03. The predicted molar refractivity (Wildman–Crippen MR) is 116 cm³/mol. The molecule has 1 aliphatic rings. The van der Waals surface area contributed by atoms with Crippen molar-refractivity contribution in [3.8, 4) is 28.7 Å². The molecular weight excluding hydrogens is 378 g/mol. The SMILES string of the molecule is CCOc1ccccc1CCCc1coc(-c2ccc(OC)c(OCC3CC3)c2)n1. The third-order valence-corrected chi connectivity index (χ3v) is 5.29. The van der Waals surface area contributed by atoms with E-state index in [9.17, 15) is 0 Å². The first-order valence-electron chi connectivity index (χ1n) is 10.7. The topological polar surface area (TPSA) is 53.7 Å². The van der Waals surface area contributed by atoms with Crippen LogP contribution in [0, 0.1) is 5.92 Å². The number of methoxy groups -OCH3 is 1. The van der Waals surface area contributed by atoms with E-state index in [1.807, 2.05) is 37.3 Å². The number of aromatic nitrogens is 1. The second kappa shape index (κ2) is 9.70. The van der Waals surface area contributed by atoms with Crippen molar-refractivity contribution < 1.29 is 18.6 Å².